The van der Waals surface area contributed by atoms with Crippen molar-refractivity contribution in [3.05, 3.63) is 28.5 Å². The van der Waals surface area contributed by atoms with Gasteiger partial charge in [0.15, 0.2) is 4.64 Å². The van der Waals surface area contributed by atoms with E-state index in [1.165, 1.54) is 11.4 Å². The van der Waals surface area contributed by atoms with E-state index in [2.05, 4.69) is 22.0 Å². The Labute approximate surface area is 186 Å². The third-order valence-electron chi connectivity index (χ3n) is 5.30. The summed E-state index contributed by atoms with van der Waals surface area (Å²) in [6.07, 6.45) is 1.72. The van der Waals surface area contributed by atoms with Crippen LogP contribution >= 0.6 is 12.2 Å². The lowest BCUT2D eigenvalue weighted by atomic mass is 10.1. The Morgan fingerprint density at radius 2 is 2.03 bits per heavy atom. The van der Waals surface area contributed by atoms with E-state index in [4.69, 9.17) is 21.7 Å². The normalized spacial score (nSPS) is 15.5. The first-order valence-electron chi connectivity index (χ1n) is 10.1. The number of aryl methyl sites for hydroxylation is 2. The Morgan fingerprint density at radius 3 is 2.71 bits per heavy atom. The van der Waals surface area contributed by atoms with E-state index in [1.807, 2.05) is 7.05 Å². The number of sulfonamides is 1. The first-order valence-corrected chi connectivity index (χ1v) is 11.9. The molecule has 0 atom stereocenters. The smallest absolute Gasteiger partial charge is 0.243 e. The third kappa shape index (κ3) is 3.98. The molecule has 31 heavy (non-hydrogen) atoms. The van der Waals surface area contributed by atoms with Gasteiger partial charge < -0.3 is 14.5 Å². The predicted molar refractivity (Wildman–Crippen MR) is 119 cm³/mol. The van der Waals surface area contributed by atoms with Gasteiger partial charge in [0.2, 0.25) is 10.0 Å². The second-order valence-electron chi connectivity index (χ2n) is 7.31. The Balaban J connectivity index is 1.87. The molecular weight excluding hydrogens is 438 g/mol. The summed E-state index contributed by atoms with van der Waals surface area (Å²) in [6.45, 7) is 3.50. The van der Waals surface area contributed by atoms with Crippen molar-refractivity contribution in [2.75, 3.05) is 33.4 Å². The Kier molecular flexibility index (Phi) is 6.11. The van der Waals surface area contributed by atoms with E-state index in [0.29, 0.717) is 48.1 Å². The lowest BCUT2D eigenvalue weighted by molar-refractivity contribution is 0.0730. The maximum absolute atomic E-state index is 13.2. The highest BCUT2D eigenvalue weighted by atomic mass is 32.2. The number of hydrogen-bond acceptors (Lipinski definition) is 7. The number of nitrogens with one attached hydrogen (secondary N) is 1. The van der Waals surface area contributed by atoms with E-state index in [0.717, 1.165) is 29.6 Å². The molecule has 0 bridgehead atoms. The fraction of sp³-hybridized carbons (Fsp3) is 0.450. The van der Waals surface area contributed by atoms with Crippen molar-refractivity contribution in [3.63, 3.8) is 0 Å². The number of H-pyrrole nitrogens is 1. The molecule has 0 saturated carbocycles. The van der Waals surface area contributed by atoms with Gasteiger partial charge in [-0.15, -0.1) is 0 Å². The van der Waals surface area contributed by atoms with Gasteiger partial charge in [-0.25, -0.2) is 13.4 Å². The zero-order chi connectivity index (χ0) is 22.2. The van der Waals surface area contributed by atoms with Gasteiger partial charge in [-0.2, -0.15) is 9.40 Å². The summed E-state index contributed by atoms with van der Waals surface area (Å²) in [7, 11) is -0.297. The van der Waals surface area contributed by atoms with Crippen molar-refractivity contribution in [1.29, 1.82) is 0 Å². The molecule has 1 saturated heterocycles. The molecule has 0 radical (unpaired) electrons. The van der Waals surface area contributed by atoms with Crippen LogP contribution < -0.4 is 4.74 Å². The van der Waals surface area contributed by atoms with E-state index in [1.54, 1.807) is 22.9 Å². The quantitative estimate of drug-likeness (QED) is 0.561. The van der Waals surface area contributed by atoms with E-state index >= 15 is 0 Å². The number of aromatic amines is 1. The lowest BCUT2D eigenvalue weighted by Crippen LogP contribution is -2.40. The number of rotatable bonds is 6. The van der Waals surface area contributed by atoms with Gasteiger partial charge in [0.05, 0.1) is 42.0 Å². The number of fused-ring (bicyclic) bond motifs is 1. The number of benzene rings is 1. The molecule has 1 N–H and O–H groups in total. The minimum absolute atomic E-state index is 0.173. The van der Waals surface area contributed by atoms with Crippen LogP contribution in [0.25, 0.3) is 22.4 Å². The molecule has 0 amide bonds. The Bertz CT molecular complexity index is 1280. The van der Waals surface area contributed by atoms with Crippen LogP contribution in [0.3, 0.4) is 0 Å². The van der Waals surface area contributed by atoms with Gasteiger partial charge in [-0.05, 0) is 24.6 Å². The van der Waals surface area contributed by atoms with Crippen molar-refractivity contribution in [2.45, 2.75) is 24.7 Å². The van der Waals surface area contributed by atoms with E-state index < -0.39 is 10.0 Å². The molecule has 2 aromatic heterocycles. The summed E-state index contributed by atoms with van der Waals surface area (Å²) in [5, 5.41) is 4.57. The monoisotopic (exact) mass is 463 g/mol. The second-order valence-corrected chi connectivity index (χ2v) is 9.64. The molecule has 1 aliphatic heterocycles. The number of nitrogens with zero attached hydrogens (tertiary/aromatic N) is 4. The highest BCUT2D eigenvalue weighted by Gasteiger charge is 2.27. The highest BCUT2D eigenvalue weighted by molar-refractivity contribution is 7.89. The minimum Gasteiger partial charge on any atom is -0.496 e. The van der Waals surface area contributed by atoms with Crippen molar-refractivity contribution in [1.82, 2.24) is 24.1 Å². The molecule has 0 aliphatic carbocycles. The topological polar surface area (TPSA) is 102 Å². The van der Waals surface area contributed by atoms with Crippen LogP contribution in [0, 0.1) is 4.64 Å². The zero-order valence-electron chi connectivity index (χ0n) is 17.7. The maximum atomic E-state index is 13.2. The zero-order valence-corrected chi connectivity index (χ0v) is 19.3. The summed E-state index contributed by atoms with van der Waals surface area (Å²) in [5.74, 6) is 0.943. The van der Waals surface area contributed by atoms with Crippen LogP contribution in [-0.2, 0) is 28.2 Å². The molecule has 166 valence electrons. The Morgan fingerprint density at radius 1 is 1.29 bits per heavy atom. The molecule has 0 unspecified atom stereocenters. The van der Waals surface area contributed by atoms with Crippen LogP contribution in [0.15, 0.2) is 23.1 Å². The van der Waals surface area contributed by atoms with Gasteiger partial charge in [-0.3, -0.25) is 4.68 Å². The van der Waals surface area contributed by atoms with Gasteiger partial charge in [0.1, 0.15) is 17.1 Å². The van der Waals surface area contributed by atoms with Gasteiger partial charge >= 0.3 is 0 Å². The first-order chi connectivity index (χ1) is 14.9. The molecule has 1 fully saturated rings. The number of morpholine rings is 1. The standard InChI is InChI=1S/C20H25N5O4S2/c1-4-5-15-17-18(24(2)23-15)20(30)22-19(21-17)14-12-13(6-7-16(14)28-3)31(26,27)25-8-10-29-11-9-25/h6-7,12H,4-5,8-11H2,1-3H3,(H,21,22,30). The van der Waals surface area contributed by atoms with Gasteiger partial charge in [0, 0.05) is 20.1 Å². The molecule has 1 aliphatic rings. The SMILES string of the molecule is CCCc1nn(C)c2c(=S)nc(-c3cc(S(=O)(=O)N4CCOCC4)ccc3OC)[nH]c12. The summed E-state index contributed by atoms with van der Waals surface area (Å²) in [5.41, 5.74) is 2.98. The summed E-state index contributed by atoms with van der Waals surface area (Å²) in [6, 6.07) is 4.77. The van der Waals surface area contributed by atoms with Crippen LogP contribution in [0.2, 0.25) is 0 Å². The van der Waals surface area contributed by atoms with Crippen LogP contribution in [0.5, 0.6) is 5.75 Å². The van der Waals surface area contributed by atoms with Crippen LogP contribution in [0.1, 0.15) is 19.0 Å². The van der Waals surface area contributed by atoms with Crippen LogP contribution in [-0.4, -0.2) is 65.9 Å². The molecule has 1 aromatic carbocycles. The average Bonchev–Trinajstić information content (AvgIpc) is 3.09. The molecular formula is C20H25N5O4S2. The second kappa shape index (κ2) is 8.65. The molecule has 9 nitrogen and oxygen atoms in total. The number of ether oxygens (including phenoxy) is 2. The fourth-order valence-corrected chi connectivity index (χ4v) is 5.53. The van der Waals surface area contributed by atoms with Crippen LogP contribution in [0.4, 0.5) is 0 Å². The molecule has 3 heterocycles. The largest absolute Gasteiger partial charge is 0.496 e. The molecule has 4 rings (SSSR count). The van der Waals surface area contributed by atoms with Crippen molar-refractivity contribution >= 4 is 33.3 Å². The number of methoxy groups -OCH3 is 1. The summed E-state index contributed by atoms with van der Waals surface area (Å²) >= 11 is 5.54. The number of aromatic nitrogens is 4. The summed E-state index contributed by atoms with van der Waals surface area (Å²) < 4.78 is 40.7. The molecule has 11 heteroatoms. The molecule has 3 aromatic rings. The van der Waals surface area contributed by atoms with Crippen molar-refractivity contribution < 1.29 is 17.9 Å². The predicted octanol–water partition coefficient (Wildman–Crippen LogP) is 2.67. The fourth-order valence-electron chi connectivity index (χ4n) is 3.77. The highest BCUT2D eigenvalue weighted by Crippen LogP contribution is 2.33. The first kappa shape index (κ1) is 21.9. The minimum atomic E-state index is -3.67. The average molecular weight is 464 g/mol. The van der Waals surface area contributed by atoms with E-state index in [9.17, 15) is 8.42 Å². The van der Waals surface area contributed by atoms with Gasteiger partial charge in [-0.1, -0.05) is 25.6 Å². The lowest BCUT2D eigenvalue weighted by Gasteiger charge is -2.26. The van der Waals surface area contributed by atoms with Crippen molar-refractivity contribution in [2.24, 2.45) is 7.05 Å². The summed E-state index contributed by atoms with van der Waals surface area (Å²) in [4.78, 5) is 8.03. The molecule has 0 spiro atoms. The maximum Gasteiger partial charge on any atom is 0.243 e. The van der Waals surface area contributed by atoms with E-state index in [-0.39, 0.29) is 4.90 Å². The number of hydrogen-bond donors (Lipinski definition) is 1. The Hall–Kier alpha value is -2.34. The third-order valence-corrected chi connectivity index (χ3v) is 7.48. The van der Waals surface area contributed by atoms with Gasteiger partial charge in [0.25, 0.3) is 0 Å². The van der Waals surface area contributed by atoms with Crippen molar-refractivity contribution in [3.8, 4) is 17.1 Å².